The molecule has 0 spiro atoms. The van der Waals surface area contributed by atoms with Crippen molar-refractivity contribution in [1.29, 1.82) is 0 Å². The first-order chi connectivity index (χ1) is 20.1. The Balaban J connectivity index is 0.000000646. The molecule has 0 saturated heterocycles. The van der Waals surface area contributed by atoms with Gasteiger partial charge >= 0.3 is 12.1 Å². The van der Waals surface area contributed by atoms with E-state index < -0.39 is 27.9 Å². The number of hydrogen-bond donors (Lipinski definition) is 3. The zero-order valence-electron chi connectivity index (χ0n) is 23.4. The number of sulfone groups is 1. The van der Waals surface area contributed by atoms with Crippen molar-refractivity contribution in [2.45, 2.75) is 60.8 Å². The van der Waals surface area contributed by atoms with Gasteiger partial charge in [-0.3, -0.25) is 4.79 Å². The number of anilines is 2. The molecule has 1 aliphatic rings. The number of nitrogens with zero attached hydrogens (tertiary/aromatic N) is 4. The zero-order chi connectivity index (χ0) is 31.9. The van der Waals surface area contributed by atoms with Crippen LogP contribution in [-0.4, -0.2) is 72.7 Å². The average Bonchev–Trinajstić information content (AvgIpc) is 2.93. The molecule has 0 unspecified atom stereocenters. The first-order valence-corrected chi connectivity index (χ1v) is 14.8. The lowest BCUT2D eigenvalue weighted by molar-refractivity contribution is -0.192. The van der Waals surface area contributed by atoms with Crippen molar-refractivity contribution >= 4 is 45.1 Å². The smallest absolute Gasteiger partial charge is 0.475 e. The van der Waals surface area contributed by atoms with Crippen molar-refractivity contribution in [3.63, 3.8) is 0 Å². The molecule has 1 aliphatic carbocycles. The number of carboxylic acid groups (broad SMARTS) is 1. The minimum atomic E-state index is -5.08. The summed E-state index contributed by atoms with van der Waals surface area (Å²) in [4.78, 5) is 36.9. The Morgan fingerprint density at radius 1 is 1.02 bits per heavy atom. The molecule has 1 amide bonds. The number of halogens is 4. The molecule has 4 rings (SSSR count). The van der Waals surface area contributed by atoms with Gasteiger partial charge in [-0.15, -0.1) is 0 Å². The molecule has 1 saturated carbocycles. The number of rotatable bonds is 7. The van der Waals surface area contributed by atoms with Crippen LogP contribution < -0.4 is 15.5 Å². The number of nitrogens with one attached hydrogen (secondary N) is 2. The van der Waals surface area contributed by atoms with Gasteiger partial charge in [-0.1, -0.05) is 23.7 Å². The lowest BCUT2D eigenvalue weighted by Crippen LogP contribution is -2.40. The number of carbonyl (C=O) groups excluding carboxylic acids is 1. The summed E-state index contributed by atoms with van der Waals surface area (Å²) >= 11 is 6.13. The van der Waals surface area contributed by atoms with Crippen molar-refractivity contribution < 1.29 is 36.3 Å². The molecule has 2 aromatic heterocycles. The number of aromatic nitrogens is 3. The van der Waals surface area contributed by atoms with E-state index in [9.17, 15) is 26.4 Å². The summed E-state index contributed by atoms with van der Waals surface area (Å²) in [5.41, 5.74) is 0.887. The minimum Gasteiger partial charge on any atom is -0.475 e. The molecule has 0 radical (unpaired) electrons. The van der Waals surface area contributed by atoms with E-state index in [1.807, 2.05) is 32.0 Å². The molecular weight excluding hydrogens is 613 g/mol. The van der Waals surface area contributed by atoms with E-state index in [2.05, 4.69) is 25.6 Å². The number of carbonyl (C=O) groups is 2. The third-order valence-electron chi connectivity index (χ3n) is 6.33. The Bertz CT molecular complexity index is 1560. The predicted octanol–water partition coefficient (Wildman–Crippen LogP) is 4.52. The van der Waals surface area contributed by atoms with E-state index in [0.29, 0.717) is 5.95 Å². The Hall–Kier alpha value is -3.98. The maximum absolute atomic E-state index is 13.2. The van der Waals surface area contributed by atoms with Gasteiger partial charge in [0.15, 0.2) is 5.03 Å². The summed E-state index contributed by atoms with van der Waals surface area (Å²) in [7, 11) is -0.199. The molecule has 0 atom stereocenters. The van der Waals surface area contributed by atoms with Crippen molar-refractivity contribution in [2.75, 3.05) is 24.3 Å². The molecule has 232 valence electrons. The van der Waals surface area contributed by atoms with Crippen LogP contribution in [0.1, 0.15) is 41.7 Å². The fourth-order valence-electron chi connectivity index (χ4n) is 4.22. The van der Waals surface area contributed by atoms with E-state index in [-0.39, 0.29) is 32.6 Å². The van der Waals surface area contributed by atoms with Crippen LogP contribution in [0.3, 0.4) is 0 Å². The highest BCUT2D eigenvalue weighted by Crippen LogP contribution is 2.29. The minimum absolute atomic E-state index is 0.00189. The molecule has 1 fully saturated rings. The van der Waals surface area contributed by atoms with Crippen LogP contribution in [0.15, 0.2) is 58.6 Å². The van der Waals surface area contributed by atoms with Gasteiger partial charge in [0.1, 0.15) is 5.82 Å². The lowest BCUT2D eigenvalue weighted by atomic mass is 9.91. The van der Waals surface area contributed by atoms with Crippen LogP contribution in [0, 0.1) is 6.92 Å². The van der Waals surface area contributed by atoms with E-state index in [4.69, 9.17) is 21.5 Å². The van der Waals surface area contributed by atoms with E-state index in [1.165, 1.54) is 24.4 Å². The molecule has 11 nitrogen and oxygen atoms in total. The molecule has 3 N–H and O–H groups in total. The van der Waals surface area contributed by atoms with E-state index in [1.54, 1.807) is 18.2 Å². The fourth-order valence-corrected chi connectivity index (χ4v) is 6.10. The molecule has 16 heteroatoms. The highest BCUT2D eigenvalue weighted by atomic mass is 35.5. The third kappa shape index (κ3) is 9.00. The topological polar surface area (TPSA) is 154 Å². The van der Waals surface area contributed by atoms with Gasteiger partial charge in [-0.05, 0) is 56.9 Å². The number of carboxylic acids is 1. The normalized spacial score (nSPS) is 16.8. The van der Waals surface area contributed by atoms with Gasteiger partial charge in [-0.2, -0.15) is 18.2 Å². The van der Waals surface area contributed by atoms with Gasteiger partial charge < -0.3 is 20.6 Å². The second-order valence-corrected chi connectivity index (χ2v) is 12.1. The third-order valence-corrected chi connectivity index (χ3v) is 8.54. The largest absolute Gasteiger partial charge is 0.490 e. The Labute approximate surface area is 251 Å². The summed E-state index contributed by atoms with van der Waals surface area (Å²) in [5, 5.41) is 13.3. The van der Waals surface area contributed by atoms with Crippen LogP contribution >= 0.6 is 11.6 Å². The first-order valence-electron chi connectivity index (χ1n) is 12.9. The van der Waals surface area contributed by atoms with Crippen LogP contribution in [0.4, 0.5) is 24.9 Å². The van der Waals surface area contributed by atoms with E-state index >= 15 is 0 Å². The van der Waals surface area contributed by atoms with Crippen molar-refractivity contribution in [3.8, 4) is 0 Å². The molecule has 3 aromatic rings. The fraction of sp³-hybridized carbons (Fsp3) is 0.370. The number of benzene rings is 1. The van der Waals surface area contributed by atoms with Gasteiger partial charge in [0.05, 0.1) is 15.5 Å². The molecule has 43 heavy (non-hydrogen) atoms. The highest BCUT2D eigenvalue weighted by Gasteiger charge is 2.38. The Kier molecular flexibility index (Phi) is 10.9. The standard InChI is InChI=1S/C25H29ClN6O3S.C2HF3O2/c1-16-15-22(32(2)3)31-25(28-16)30-18-12-10-17(11-13-18)29-23(33)19-7-6-14-27-24(19)36(34,35)21-9-5-4-8-20(21)26;3-2(4,5)1(6)7/h4-9,14-15,17-18H,10-13H2,1-3H3,(H,29,33)(H,28,30,31);(H,6,7). The Morgan fingerprint density at radius 3 is 2.21 bits per heavy atom. The summed E-state index contributed by atoms with van der Waals surface area (Å²) in [6.45, 7) is 1.94. The SMILES string of the molecule is Cc1cc(N(C)C)nc(NC2CCC(NC(=O)c3cccnc3S(=O)(=O)c3ccccc3Cl)CC2)n1.O=C(O)C(F)(F)F. The molecule has 0 aliphatic heterocycles. The molecule has 0 bridgehead atoms. The number of aliphatic carboxylic acids is 1. The number of amides is 1. The number of hydrogen-bond acceptors (Lipinski definition) is 9. The molecule has 1 aromatic carbocycles. The number of aryl methyl sites for hydroxylation is 1. The summed E-state index contributed by atoms with van der Waals surface area (Å²) in [5.74, 6) is -1.80. The van der Waals surface area contributed by atoms with Gasteiger partial charge in [0, 0.05) is 44.1 Å². The van der Waals surface area contributed by atoms with Crippen LogP contribution in [0.5, 0.6) is 0 Å². The maximum atomic E-state index is 13.2. The number of alkyl halides is 3. The lowest BCUT2D eigenvalue weighted by Gasteiger charge is -2.30. The van der Waals surface area contributed by atoms with Crippen LogP contribution in [-0.2, 0) is 14.6 Å². The van der Waals surface area contributed by atoms with E-state index in [0.717, 1.165) is 37.2 Å². The number of pyridine rings is 1. The summed E-state index contributed by atoms with van der Waals surface area (Å²) < 4.78 is 58.2. The van der Waals surface area contributed by atoms with Gasteiger partial charge in [0.2, 0.25) is 15.8 Å². The second kappa shape index (κ2) is 14.0. The average molecular weight is 643 g/mol. The highest BCUT2D eigenvalue weighted by molar-refractivity contribution is 7.91. The summed E-state index contributed by atoms with van der Waals surface area (Å²) in [6, 6.07) is 11.2. The second-order valence-electron chi connectivity index (χ2n) is 9.84. The van der Waals surface area contributed by atoms with Crippen molar-refractivity contribution in [2.24, 2.45) is 0 Å². The zero-order valence-corrected chi connectivity index (χ0v) is 25.0. The van der Waals surface area contributed by atoms with Gasteiger partial charge in [0.25, 0.3) is 5.91 Å². The van der Waals surface area contributed by atoms with Crippen LogP contribution in [0.2, 0.25) is 5.02 Å². The quantitative estimate of drug-likeness (QED) is 0.335. The first kappa shape index (κ1) is 33.5. The molecule has 2 heterocycles. The maximum Gasteiger partial charge on any atom is 0.490 e. The van der Waals surface area contributed by atoms with Crippen LogP contribution in [0.25, 0.3) is 0 Å². The Morgan fingerprint density at radius 2 is 1.63 bits per heavy atom. The van der Waals surface area contributed by atoms with Crippen molar-refractivity contribution in [3.05, 3.63) is 64.9 Å². The van der Waals surface area contributed by atoms with Gasteiger partial charge in [-0.25, -0.2) is 23.2 Å². The predicted molar refractivity (Wildman–Crippen MR) is 153 cm³/mol. The summed E-state index contributed by atoms with van der Waals surface area (Å²) in [6.07, 6.45) is -0.619. The monoisotopic (exact) mass is 642 g/mol. The van der Waals surface area contributed by atoms with Crippen molar-refractivity contribution in [1.82, 2.24) is 20.3 Å². The molecular formula is C27H30ClF3N6O5S.